The highest BCUT2D eigenvalue weighted by atomic mass is 19.1. The molecule has 2 atom stereocenters. The van der Waals surface area contributed by atoms with Gasteiger partial charge in [-0.1, -0.05) is 20.8 Å². The lowest BCUT2D eigenvalue weighted by atomic mass is 9.58. The molecule has 0 spiro atoms. The Kier molecular flexibility index (Phi) is 5.20. The van der Waals surface area contributed by atoms with E-state index in [2.05, 4.69) is 26.1 Å². The molecule has 2 nitrogen and oxygen atoms in total. The molecule has 0 saturated heterocycles. The molecule has 118 valence electrons. The van der Waals surface area contributed by atoms with Crippen molar-refractivity contribution in [1.29, 1.82) is 0 Å². The van der Waals surface area contributed by atoms with E-state index in [4.69, 9.17) is 4.74 Å². The Balaban J connectivity index is 2.09. The van der Waals surface area contributed by atoms with Crippen LogP contribution >= 0.6 is 0 Å². The summed E-state index contributed by atoms with van der Waals surface area (Å²) in [4.78, 5) is 0. The number of ether oxygens (including phenoxy) is 1. The Morgan fingerprint density at radius 2 is 1.95 bits per heavy atom. The molecule has 1 aliphatic rings. The van der Waals surface area contributed by atoms with Crippen molar-refractivity contribution >= 4 is 0 Å². The summed E-state index contributed by atoms with van der Waals surface area (Å²) in [5.41, 5.74) is 0.0377. The molecule has 0 heterocycles. The van der Waals surface area contributed by atoms with Gasteiger partial charge in [0, 0.05) is 23.9 Å². The van der Waals surface area contributed by atoms with Gasteiger partial charge in [-0.15, -0.1) is 0 Å². The van der Waals surface area contributed by atoms with Crippen molar-refractivity contribution in [2.75, 3.05) is 6.54 Å². The van der Waals surface area contributed by atoms with Crippen LogP contribution in [0.1, 0.15) is 46.5 Å². The Morgan fingerprint density at radius 1 is 1.24 bits per heavy atom. The van der Waals surface area contributed by atoms with Gasteiger partial charge in [-0.25, -0.2) is 8.78 Å². The molecule has 0 amide bonds. The highest BCUT2D eigenvalue weighted by molar-refractivity contribution is 5.26. The van der Waals surface area contributed by atoms with Gasteiger partial charge in [0.05, 0.1) is 0 Å². The summed E-state index contributed by atoms with van der Waals surface area (Å²) in [7, 11) is 0. The molecule has 21 heavy (non-hydrogen) atoms. The minimum absolute atomic E-state index is 0.0122. The first-order valence-corrected chi connectivity index (χ1v) is 7.92. The van der Waals surface area contributed by atoms with E-state index >= 15 is 0 Å². The molecule has 0 aromatic heterocycles. The van der Waals surface area contributed by atoms with E-state index < -0.39 is 11.6 Å². The first-order chi connectivity index (χ1) is 10.1. The zero-order valence-corrected chi connectivity index (χ0v) is 13.1. The lowest BCUT2D eigenvalue weighted by molar-refractivity contribution is -0.0872. The van der Waals surface area contributed by atoms with Gasteiger partial charge in [0.2, 0.25) is 0 Å². The van der Waals surface area contributed by atoms with Gasteiger partial charge >= 0.3 is 0 Å². The van der Waals surface area contributed by atoms with Gasteiger partial charge in [-0.05, 0) is 37.9 Å². The second-order valence-electron chi connectivity index (χ2n) is 5.86. The Hall–Kier alpha value is -1.16. The molecule has 1 saturated carbocycles. The van der Waals surface area contributed by atoms with E-state index in [0.29, 0.717) is 6.04 Å². The normalized spacial score (nSPS) is 23.7. The second kappa shape index (κ2) is 6.73. The first kappa shape index (κ1) is 16.2. The van der Waals surface area contributed by atoms with Gasteiger partial charge in [0.25, 0.3) is 0 Å². The first-order valence-electron chi connectivity index (χ1n) is 7.92. The summed E-state index contributed by atoms with van der Waals surface area (Å²) < 4.78 is 32.6. The van der Waals surface area contributed by atoms with Gasteiger partial charge < -0.3 is 10.1 Å². The van der Waals surface area contributed by atoms with Crippen LogP contribution in [0.4, 0.5) is 8.78 Å². The standard InChI is InChI=1S/C17H25F2NO/c1-4-9-20-15-11-16(17(15,5-2)6-3)21-14-8-7-12(18)10-13(14)19/h7-8,10,15-16,20H,4-6,9,11H2,1-3H3. The summed E-state index contributed by atoms with van der Waals surface area (Å²) in [6, 6.07) is 3.91. The highest BCUT2D eigenvalue weighted by Crippen LogP contribution is 2.49. The van der Waals surface area contributed by atoms with Crippen LogP contribution in [0, 0.1) is 17.0 Å². The number of nitrogens with one attached hydrogen (secondary N) is 1. The summed E-state index contributed by atoms with van der Waals surface area (Å²) >= 11 is 0. The average Bonchev–Trinajstić information content (AvgIpc) is 2.45. The van der Waals surface area contributed by atoms with E-state index in [0.717, 1.165) is 38.3 Å². The lowest BCUT2D eigenvalue weighted by Gasteiger charge is -2.55. The molecule has 1 N–H and O–H groups in total. The predicted octanol–water partition coefficient (Wildman–Crippen LogP) is 4.29. The molecule has 2 unspecified atom stereocenters. The Labute approximate surface area is 125 Å². The number of rotatable bonds is 7. The van der Waals surface area contributed by atoms with Crippen LogP contribution in [0.5, 0.6) is 5.75 Å². The van der Waals surface area contributed by atoms with E-state index in [9.17, 15) is 8.78 Å². The minimum atomic E-state index is -0.624. The molecule has 0 aliphatic heterocycles. The zero-order chi connectivity index (χ0) is 15.5. The van der Waals surface area contributed by atoms with Crippen LogP contribution in [0.15, 0.2) is 18.2 Å². The van der Waals surface area contributed by atoms with Gasteiger partial charge in [-0.3, -0.25) is 0 Å². The number of hydrogen-bond acceptors (Lipinski definition) is 2. The van der Waals surface area contributed by atoms with Crippen LogP contribution < -0.4 is 10.1 Å². The van der Waals surface area contributed by atoms with Crippen LogP contribution in [-0.2, 0) is 0 Å². The molecule has 1 aromatic carbocycles. The smallest absolute Gasteiger partial charge is 0.167 e. The molecule has 4 heteroatoms. The Morgan fingerprint density at radius 3 is 2.52 bits per heavy atom. The second-order valence-corrected chi connectivity index (χ2v) is 5.86. The fraction of sp³-hybridized carbons (Fsp3) is 0.647. The quantitative estimate of drug-likeness (QED) is 0.810. The molecular formula is C17H25F2NO. The minimum Gasteiger partial charge on any atom is -0.487 e. The van der Waals surface area contributed by atoms with Crippen molar-refractivity contribution in [3.8, 4) is 5.75 Å². The summed E-state index contributed by atoms with van der Waals surface area (Å²) in [5, 5.41) is 3.57. The summed E-state index contributed by atoms with van der Waals surface area (Å²) in [6.07, 6.45) is 3.93. The monoisotopic (exact) mass is 297 g/mol. The number of hydrogen-bond donors (Lipinski definition) is 1. The highest BCUT2D eigenvalue weighted by Gasteiger charge is 2.54. The van der Waals surface area contributed by atoms with Gasteiger partial charge in [0.15, 0.2) is 11.6 Å². The average molecular weight is 297 g/mol. The fourth-order valence-corrected chi connectivity index (χ4v) is 3.44. The molecule has 1 aliphatic carbocycles. The van der Waals surface area contributed by atoms with E-state index in [1.54, 1.807) is 0 Å². The molecule has 1 aromatic rings. The van der Waals surface area contributed by atoms with Crippen molar-refractivity contribution < 1.29 is 13.5 Å². The van der Waals surface area contributed by atoms with Crippen LogP contribution in [0.25, 0.3) is 0 Å². The molecule has 0 bridgehead atoms. The maximum absolute atomic E-state index is 13.8. The lowest BCUT2D eigenvalue weighted by Crippen LogP contribution is -2.64. The van der Waals surface area contributed by atoms with Crippen LogP contribution in [0.2, 0.25) is 0 Å². The van der Waals surface area contributed by atoms with E-state index in [1.165, 1.54) is 12.1 Å². The molecule has 0 radical (unpaired) electrons. The van der Waals surface area contributed by atoms with Gasteiger partial charge in [0.1, 0.15) is 11.9 Å². The summed E-state index contributed by atoms with van der Waals surface area (Å²) in [5.74, 6) is -1.05. The third-order valence-electron chi connectivity index (χ3n) is 4.91. The molecule has 2 rings (SSSR count). The van der Waals surface area contributed by atoms with Crippen molar-refractivity contribution in [3.63, 3.8) is 0 Å². The molecular weight excluding hydrogens is 272 g/mol. The van der Waals surface area contributed by atoms with E-state index in [1.807, 2.05) is 0 Å². The number of benzene rings is 1. The summed E-state index contributed by atoms with van der Waals surface area (Å²) in [6.45, 7) is 7.44. The fourth-order valence-electron chi connectivity index (χ4n) is 3.44. The molecule has 1 fully saturated rings. The maximum atomic E-state index is 13.8. The van der Waals surface area contributed by atoms with Crippen molar-refractivity contribution in [1.82, 2.24) is 5.32 Å². The van der Waals surface area contributed by atoms with Crippen LogP contribution in [-0.4, -0.2) is 18.7 Å². The van der Waals surface area contributed by atoms with Crippen molar-refractivity contribution in [2.45, 2.75) is 58.6 Å². The topological polar surface area (TPSA) is 21.3 Å². The SMILES string of the molecule is CCCNC1CC(Oc2ccc(F)cc2F)C1(CC)CC. The van der Waals surface area contributed by atoms with Crippen LogP contribution in [0.3, 0.4) is 0 Å². The van der Waals surface area contributed by atoms with Crippen molar-refractivity contribution in [2.24, 2.45) is 5.41 Å². The largest absolute Gasteiger partial charge is 0.487 e. The third kappa shape index (κ3) is 3.05. The number of halogens is 2. The zero-order valence-electron chi connectivity index (χ0n) is 13.1. The predicted molar refractivity (Wildman–Crippen MR) is 80.5 cm³/mol. The maximum Gasteiger partial charge on any atom is 0.167 e. The Bertz CT molecular complexity index is 474. The van der Waals surface area contributed by atoms with E-state index in [-0.39, 0.29) is 17.3 Å². The third-order valence-corrected chi connectivity index (χ3v) is 4.91. The van der Waals surface area contributed by atoms with Gasteiger partial charge in [-0.2, -0.15) is 0 Å². The van der Waals surface area contributed by atoms with Crippen molar-refractivity contribution in [3.05, 3.63) is 29.8 Å².